The van der Waals surface area contributed by atoms with Crippen molar-refractivity contribution in [3.05, 3.63) is 16.1 Å². The maximum absolute atomic E-state index is 5.81. The number of hydrogen-bond acceptors (Lipinski definition) is 5. The van der Waals surface area contributed by atoms with Crippen LogP contribution in [-0.4, -0.2) is 35.6 Å². The highest BCUT2D eigenvalue weighted by atomic mass is 32.1. The maximum atomic E-state index is 5.81. The number of hydrazine groups is 1. The molecule has 1 heterocycles. The third-order valence-corrected chi connectivity index (χ3v) is 5.26. The van der Waals surface area contributed by atoms with Gasteiger partial charge in [-0.1, -0.05) is 27.7 Å². The topological polar surface area (TPSA) is 54.2 Å². The van der Waals surface area contributed by atoms with E-state index in [1.807, 2.05) is 0 Å². The van der Waals surface area contributed by atoms with E-state index < -0.39 is 0 Å². The highest BCUT2D eigenvalue weighted by Crippen LogP contribution is 2.27. The average Bonchev–Trinajstić information content (AvgIpc) is 2.83. The van der Waals surface area contributed by atoms with E-state index in [9.17, 15) is 0 Å². The molecule has 0 aliphatic heterocycles. The fourth-order valence-electron chi connectivity index (χ4n) is 2.26. The highest BCUT2D eigenvalue weighted by Gasteiger charge is 2.35. The zero-order chi connectivity index (χ0) is 15.6. The lowest BCUT2D eigenvalue weighted by Crippen LogP contribution is -2.59. The lowest BCUT2D eigenvalue weighted by molar-refractivity contribution is 0.112. The predicted octanol–water partition coefficient (Wildman–Crippen LogP) is 2.55. The molecule has 116 valence electrons. The molecule has 0 radical (unpaired) electrons. The molecule has 0 bridgehead atoms. The fraction of sp³-hybridized carbons (Fsp3) is 0.800. The van der Waals surface area contributed by atoms with Gasteiger partial charge >= 0.3 is 0 Å². The SMILES string of the molecule is CCC(C)(C(Cc1nc(C(C)(C)C)cs1)NN)N(C)C. The molecule has 0 spiro atoms. The smallest absolute Gasteiger partial charge is 0.0945 e. The normalized spacial score (nSPS) is 17.2. The predicted molar refractivity (Wildman–Crippen MR) is 88.0 cm³/mol. The summed E-state index contributed by atoms with van der Waals surface area (Å²) in [6, 6.07) is 0.182. The molecule has 1 aromatic heterocycles. The third-order valence-electron chi connectivity index (χ3n) is 4.39. The standard InChI is InChI=1S/C15H30N4S/c1-8-15(5,19(6)7)11(18-16)9-13-17-12(10-20-13)14(2,3)4/h10-11,18H,8-9,16H2,1-7H3. The summed E-state index contributed by atoms with van der Waals surface area (Å²) in [7, 11) is 4.21. The molecular weight excluding hydrogens is 268 g/mol. The number of likely N-dealkylation sites (N-methyl/N-ethyl adjacent to an activating group) is 1. The van der Waals surface area contributed by atoms with Gasteiger partial charge in [-0.15, -0.1) is 11.3 Å². The molecule has 0 aromatic carbocycles. The Morgan fingerprint density at radius 2 is 1.95 bits per heavy atom. The third kappa shape index (κ3) is 3.79. The Labute approximate surface area is 127 Å². The minimum absolute atomic E-state index is 0.0162. The summed E-state index contributed by atoms with van der Waals surface area (Å²) in [5, 5.41) is 3.32. The van der Waals surface area contributed by atoms with Crippen molar-refractivity contribution in [2.75, 3.05) is 14.1 Å². The minimum Gasteiger partial charge on any atom is -0.302 e. The Bertz CT molecular complexity index is 422. The molecule has 0 saturated heterocycles. The van der Waals surface area contributed by atoms with Gasteiger partial charge in [0.1, 0.15) is 0 Å². The van der Waals surface area contributed by atoms with Gasteiger partial charge in [0.05, 0.1) is 10.7 Å². The fourth-order valence-corrected chi connectivity index (χ4v) is 3.32. The first-order valence-electron chi connectivity index (χ1n) is 7.23. The maximum Gasteiger partial charge on any atom is 0.0945 e. The molecule has 2 atom stereocenters. The minimum atomic E-state index is 0.0162. The van der Waals surface area contributed by atoms with Crippen molar-refractivity contribution in [2.45, 2.75) is 64.5 Å². The van der Waals surface area contributed by atoms with E-state index in [1.165, 1.54) is 0 Å². The van der Waals surface area contributed by atoms with E-state index in [1.54, 1.807) is 11.3 Å². The highest BCUT2D eigenvalue weighted by molar-refractivity contribution is 7.09. The zero-order valence-electron chi connectivity index (χ0n) is 13.9. The number of aromatic nitrogens is 1. The van der Waals surface area contributed by atoms with Crippen LogP contribution in [-0.2, 0) is 11.8 Å². The van der Waals surface area contributed by atoms with Crippen molar-refractivity contribution < 1.29 is 0 Å². The molecule has 1 aromatic rings. The van der Waals surface area contributed by atoms with Gasteiger partial charge in [-0.3, -0.25) is 11.3 Å². The average molecular weight is 299 g/mol. The first-order chi connectivity index (χ1) is 9.15. The van der Waals surface area contributed by atoms with Gasteiger partial charge in [0.25, 0.3) is 0 Å². The molecule has 2 unspecified atom stereocenters. The van der Waals surface area contributed by atoms with Crippen molar-refractivity contribution >= 4 is 11.3 Å². The van der Waals surface area contributed by atoms with Crippen LogP contribution in [0.3, 0.4) is 0 Å². The molecule has 0 aliphatic rings. The monoisotopic (exact) mass is 298 g/mol. The van der Waals surface area contributed by atoms with E-state index in [0.717, 1.165) is 23.5 Å². The van der Waals surface area contributed by atoms with Crippen molar-refractivity contribution in [3.8, 4) is 0 Å². The van der Waals surface area contributed by atoms with Crippen molar-refractivity contribution in [1.29, 1.82) is 0 Å². The summed E-state index contributed by atoms with van der Waals surface area (Å²) in [4.78, 5) is 7.03. The molecule has 0 saturated carbocycles. The molecule has 20 heavy (non-hydrogen) atoms. The summed E-state index contributed by atoms with van der Waals surface area (Å²) in [6.07, 6.45) is 1.89. The number of rotatable bonds is 6. The Hall–Kier alpha value is -0.490. The Kier molecular flexibility index (Phi) is 5.72. The lowest BCUT2D eigenvalue weighted by Gasteiger charge is -2.42. The van der Waals surface area contributed by atoms with Crippen molar-refractivity contribution in [1.82, 2.24) is 15.3 Å². The number of nitrogens with zero attached hydrogens (tertiary/aromatic N) is 2. The van der Waals surface area contributed by atoms with E-state index in [-0.39, 0.29) is 17.0 Å². The van der Waals surface area contributed by atoms with Crippen LogP contribution in [0.5, 0.6) is 0 Å². The van der Waals surface area contributed by atoms with Gasteiger partial charge in [-0.05, 0) is 27.4 Å². The second kappa shape index (κ2) is 6.52. The Balaban J connectivity index is 2.91. The summed E-state index contributed by atoms with van der Waals surface area (Å²) in [6.45, 7) is 11.0. The van der Waals surface area contributed by atoms with Crippen LogP contribution in [0.4, 0.5) is 0 Å². The van der Waals surface area contributed by atoms with E-state index in [2.05, 4.69) is 64.4 Å². The summed E-state index contributed by atoms with van der Waals surface area (Å²) >= 11 is 1.73. The molecule has 4 nitrogen and oxygen atoms in total. The van der Waals surface area contributed by atoms with Gasteiger partial charge in [0.2, 0.25) is 0 Å². The molecule has 3 N–H and O–H groups in total. The summed E-state index contributed by atoms with van der Waals surface area (Å²) in [5.41, 5.74) is 4.28. The van der Waals surface area contributed by atoms with Crippen LogP contribution in [0.1, 0.15) is 51.7 Å². The quantitative estimate of drug-likeness (QED) is 0.626. The zero-order valence-corrected chi connectivity index (χ0v) is 14.8. The van der Waals surface area contributed by atoms with Gasteiger partial charge in [0.15, 0.2) is 0 Å². The van der Waals surface area contributed by atoms with Gasteiger partial charge in [-0.2, -0.15) is 0 Å². The van der Waals surface area contributed by atoms with E-state index >= 15 is 0 Å². The van der Waals surface area contributed by atoms with Crippen LogP contribution < -0.4 is 11.3 Å². The molecule has 0 amide bonds. The summed E-state index contributed by atoms with van der Waals surface area (Å²) < 4.78 is 0. The number of hydrogen-bond donors (Lipinski definition) is 2. The lowest BCUT2D eigenvalue weighted by atomic mass is 9.86. The van der Waals surface area contributed by atoms with E-state index in [4.69, 9.17) is 10.8 Å². The number of nitrogens with two attached hydrogens (primary N) is 1. The first kappa shape index (κ1) is 17.6. The molecular formula is C15H30N4S. The molecule has 5 heteroatoms. The van der Waals surface area contributed by atoms with Crippen LogP contribution in [0, 0.1) is 0 Å². The van der Waals surface area contributed by atoms with Crippen LogP contribution in [0.2, 0.25) is 0 Å². The van der Waals surface area contributed by atoms with Crippen molar-refractivity contribution in [3.63, 3.8) is 0 Å². The second-order valence-electron chi connectivity index (χ2n) is 6.91. The van der Waals surface area contributed by atoms with Gasteiger partial charge in [0, 0.05) is 28.8 Å². The van der Waals surface area contributed by atoms with Gasteiger partial charge < -0.3 is 4.90 Å². The molecule has 1 rings (SSSR count). The molecule has 0 aliphatic carbocycles. The van der Waals surface area contributed by atoms with Crippen LogP contribution in [0.15, 0.2) is 5.38 Å². The Morgan fingerprint density at radius 3 is 2.30 bits per heavy atom. The van der Waals surface area contributed by atoms with Gasteiger partial charge in [-0.25, -0.2) is 4.98 Å². The van der Waals surface area contributed by atoms with Crippen LogP contribution >= 0.6 is 11.3 Å². The number of thiazole rings is 1. The van der Waals surface area contributed by atoms with Crippen LogP contribution in [0.25, 0.3) is 0 Å². The number of nitrogens with one attached hydrogen (secondary N) is 1. The second-order valence-corrected chi connectivity index (χ2v) is 7.85. The largest absolute Gasteiger partial charge is 0.302 e. The van der Waals surface area contributed by atoms with Crippen molar-refractivity contribution in [2.24, 2.45) is 5.84 Å². The first-order valence-corrected chi connectivity index (χ1v) is 8.11. The Morgan fingerprint density at radius 1 is 1.35 bits per heavy atom. The van der Waals surface area contributed by atoms with E-state index in [0.29, 0.717) is 0 Å². The summed E-state index contributed by atoms with van der Waals surface area (Å²) in [5.74, 6) is 5.81. The molecule has 0 fully saturated rings.